The molecular weight excluding hydrogens is 320 g/mol. The predicted octanol–water partition coefficient (Wildman–Crippen LogP) is 3.34. The zero-order chi connectivity index (χ0) is 16.6. The lowest BCUT2D eigenvalue weighted by atomic mass is 10.0. The van der Waals surface area contributed by atoms with Gasteiger partial charge in [-0.15, -0.1) is 0 Å². The zero-order valence-corrected chi connectivity index (χ0v) is 13.4. The van der Waals surface area contributed by atoms with E-state index in [9.17, 15) is 9.59 Å². The average Bonchev–Trinajstić information content (AvgIpc) is 3.02. The van der Waals surface area contributed by atoms with Crippen LogP contribution in [0.4, 0.5) is 5.82 Å². The van der Waals surface area contributed by atoms with E-state index >= 15 is 0 Å². The number of nitrogens with zero attached hydrogens (tertiary/aromatic N) is 1. The maximum absolute atomic E-state index is 12.1. The number of halogens is 1. The molecule has 1 aromatic carbocycles. The van der Waals surface area contributed by atoms with Crippen LogP contribution in [0.3, 0.4) is 0 Å². The number of benzene rings is 1. The molecule has 1 N–H and O–H groups in total. The Kier molecular flexibility index (Phi) is 4.09. The average molecular weight is 335 g/mol. The third-order valence-electron chi connectivity index (χ3n) is 3.67. The Morgan fingerprint density at radius 2 is 2.30 bits per heavy atom. The van der Waals surface area contributed by atoms with Crippen LogP contribution < -0.4 is 10.1 Å². The van der Waals surface area contributed by atoms with Gasteiger partial charge in [-0.3, -0.25) is 9.59 Å². The van der Waals surface area contributed by atoms with E-state index in [1.54, 1.807) is 25.1 Å². The Morgan fingerprint density at radius 1 is 1.52 bits per heavy atom. The second kappa shape index (κ2) is 6.04. The molecule has 1 aliphatic carbocycles. The van der Waals surface area contributed by atoms with Gasteiger partial charge in [-0.2, -0.15) is 0 Å². The smallest absolute Gasteiger partial charge is 0.263 e. The maximum Gasteiger partial charge on any atom is 0.263 e. The van der Waals surface area contributed by atoms with Crippen molar-refractivity contribution in [2.75, 3.05) is 11.9 Å². The van der Waals surface area contributed by atoms with Crippen molar-refractivity contribution in [3.63, 3.8) is 0 Å². The van der Waals surface area contributed by atoms with E-state index in [2.05, 4.69) is 10.5 Å². The molecule has 1 atom stereocenters. The maximum atomic E-state index is 12.1. The lowest BCUT2D eigenvalue weighted by Crippen LogP contribution is -2.21. The molecule has 0 bridgehead atoms. The van der Waals surface area contributed by atoms with Crippen LogP contribution in [-0.2, 0) is 4.79 Å². The Morgan fingerprint density at radius 3 is 3.00 bits per heavy atom. The summed E-state index contributed by atoms with van der Waals surface area (Å²) in [5.74, 6) is 0.946. The first-order chi connectivity index (χ1) is 11.0. The van der Waals surface area contributed by atoms with Gasteiger partial charge < -0.3 is 14.6 Å². The summed E-state index contributed by atoms with van der Waals surface area (Å²) >= 11 is 6.17. The number of anilines is 1. The molecule has 2 aromatic rings. The third-order valence-corrected chi connectivity index (χ3v) is 4.00. The number of aryl methyl sites for hydroxylation is 1. The number of ketones is 1. The van der Waals surface area contributed by atoms with Crippen molar-refractivity contribution in [2.45, 2.75) is 26.2 Å². The Labute approximate surface area is 137 Å². The number of hydrogen-bond donors (Lipinski definition) is 1. The number of hydrogen-bond acceptors (Lipinski definition) is 5. The lowest BCUT2D eigenvalue weighted by molar-refractivity contribution is -0.118. The fourth-order valence-electron chi connectivity index (χ4n) is 2.69. The minimum Gasteiger partial charge on any atom is -0.483 e. The standard InChI is InChI=1S/C16H15ClN2O4/c1-8-5-11(20)16-12(4-3-10(17)15(8)16)22-7-14(21)18-13-6-9(2)23-19-13/h3-4,6,8H,5,7H2,1-2H3,(H,18,19,21). The fourth-order valence-corrected chi connectivity index (χ4v) is 3.04. The number of carbonyl (C=O) groups is 2. The summed E-state index contributed by atoms with van der Waals surface area (Å²) in [6.07, 6.45) is 0.403. The number of fused-ring (bicyclic) bond motifs is 1. The van der Waals surface area contributed by atoms with E-state index in [1.165, 1.54) is 0 Å². The van der Waals surface area contributed by atoms with Crippen LogP contribution in [0.5, 0.6) is 5.75 Å². The number of amides is 1. The molecular formula is C16H15ClN2O4. The Balaban J connectivity index is 1.72. The van der Waals surface area contributed by atoms with Crippen LogP contribution in [0.25, 0.3) is 0 Å². The van der Waals surface area contributed by atoms with E-state index < -0.39 is 0 Å². The van der Waals surface area contributed by atoms with Crippen molar-refractivity contribution in [3.05, 3.63) is 40.1 Å². The van der Waals surface area contributed by atoms with E-state index in [-0.39, 0.29) is 24.2 Å². The van der Waals surface area contributed by atoms with Gasteiger partial charge in [0.15, 0.2) is 18.2 Å². The summed E-state index contributed by atoms with van der Waals surface area (Å²) in [5.41, 5.74) is 1.27. The summed E-state index contributed by atoms with van der Waals surface area (Å²) < 4.78 is 10.4. The highest BCUT2D eigenvalue weighted by molar-refractivity contribution is 6.32. The molecule has 1 aliphatic rings. The van der Waals surface area contributed by atoms with Gasteiger partial charge in [0.25, 0.3) is 5.91 Å². The molecule has 1 aromatic heterocycles. The molecule has 1 unspecified atom stereocenters. The summed E-state index contributed by atoms with van der Waals surface area (Å²) in [6, 6.07) is 4.90. The van der Waals surface area contributed by atoms with Crippen LogP contribution in [0, 0.1) is 6.92 Å². The minimum atomic E-state index is -0.388. The molecule has 7 heteroatoms. The molecule has 0 fully saturated rings. The number of ether oxygens (including phenoxy) is 1. The highest BCUT2D eigenvalue weighted by atomic mass is 35.5. The quantitative estimate of drug-likeness (QED) is 0.927. The first-order valence-corrected chi connectivity index (χ1v) is 7.55. The van der Waals surface area contributed by atoms with Gasteiger partial charge in [-0.25, -0.2) is 0 Å². The number of rotatable bonds is 4. The lowest BCUT2D eigenvalue weighted by Gasteiger charge is -2.12. The predicted molar refractivity (Wildman–Crippen MR) is 84.2 cm³/mol. The van der Waals surface area contributed by atoms with Crippen molar-refractivity contribution < 1.29 is 18.8 Å². The van der Waals surface area contributed by atoms with E-state index in [4.69, 9.17) is 20.9 Å². The van der Waals surface area contributed by atoms with E-state index in [0.717, 1.165) is 5.56 Å². The largest absolute Gasteiger partial charge is 0.483 e. The van der Waals surface area contributed by atoms with Crippen molar-refractivity contribution in [2.24, 2.45) is 0 Å². The molecule has 0 saturated carbocycles. The first kappa shape index (κ1) is 15.6. The van der Waals surface area contributed by atoms with Gasteiger partial charge in [-0.1, -0.05) is 23.7 Å². The molecule has 23 heavy (non-hydrogen) atoms. The number of carbonyl (C=O) groups excluding carboxylic acids is 2. The summed E-state index contributed by atoms with van der Waals surface area (Å²) in [6.45, 7) is 3.43. The van der Waals surface area contributed by atoms with Crippen molar-refractivity contribution >= 4 is 29.1 Å². The molecule has 1 amide bonds. The Bertz CT molecular complexity index is 784. The second-order valence-electron chi connectivity index (χ2n) is 5.52. The number of aromatic nitrogens is 1. The van der Waals surface area contributed by atoms with Gasteiger partial charge >= 0.3 is 0 Å². The monoisotopic (exact) mass is 334 g/mol. The topological polar surface area (TPSA) is 81.4 Å². The highest BCUT2D eigenvalue weighted by Gasteiger charge is 2.31. The van der Waals surface area contributed by atoms with Crippen molar-refractivity contribution in [1.29, 1.82) is 0 Å². The molecule has 0 radical (unpaired) electrons. The number of nitrogens with one attached hydrogen (secondary N) is 1. The van der Waals surface area contributed by atoms with E-state index in [0.29, 0.717) is 34.3 Å². The van der Waals surface area contributed by atoms with Crippen LogP contribution in [-0.4, -0.2) is 23.5 Å². The van der Waals surface area contributed by atoms with Crippen LogP contribution in [0.15, 0.2) is 22.7 Å². The Hall–Kier alpha value is -2.34. The number of Topliss-reactive ketones (excluding diaryl/α,β-unsaturated/α-hetero) is 1. The molecule has 0 aliphatic heterocycles. The summed E-state index contributed by atoms with van der Waals surface area (Å²) in [5, 5.41) is 6.77. The molecule has 3 rings (SSSR count). The molecule has 0 spiro atoms. The van der Waals surface area contributed by atoms with Crippen molar-refractivity contribution in [3.8, 4) is 5.75 Å². The molecule has 6 nitrogen and oxygen atoms in total. The molecule has 1 heterocycles. The van der Waals surface area contributed by atoms with Crippen molar-refractivity contribution in [1.82, 2.24) is 5.16 Å². The van der Waals surface area contributed by atoms with E-state index in [1.807, 2.05) is 6.92 Å². The van der Waals surface area contributed by atoms with Crippen LogP contribution in [0.2, 0.25) is 5.02 Å². The van der Waals surface area contributed by atoms with Gasteiger partial charge in [0, 0.05) is 17.5 Å². The van der Waals surface area contributed by atoms with Gasteiger partial charge in [0.1, 0.15) is 11.5 Å². The summed E-state index contributed by atoms with van der Waals surface area (Å²) in [4.78, 5) is 24.0. The highest BCUT2D eigenvalue weighted by Crippen LogP contribution is 2.42. The van der Waals surface area contributed by atoms with Crippen LogP contribution >= 0.6 is 11.6 Å². The first-order valence-electron chi connectivity index (χ1n) is 7.17. The zero-order valence-electron chi connectivity index (χ0n) is 12.7. The normalized spacial score (nSPS) is 16.3. The minimum absolute atomic E-state index is 0.0162. The van der Waals surface area contributed by atoms with Gasteiger partial charge in [-0.05, 0) is 30.5 Å². The SMILES string of the molecule is Cc1cc(NC(=O)COc2ccc(Cl)c3c2C(=O)CC3C)no1. The van der Waals surface area contributed by atoms with Crippen LogP contribution in [0.1, 0.15) is 40.9 Å². The molecule has 0 saturated heterocycles. The summed E-state index contributed by atoms with van der Waals surface area (Å²) in [7, 11) is 0. The van der Waals surface area contributed by atoms with Gasteiger partial charge in [0.05, 0.1) is 5.56 Å². The second-order valence-corrected chi connectivity index (χ2v) is 5.93. The van der Waals surface area contributed by atoms with Gasteiger partial charge in [0.2, 0.25) is 0 Å². The molecule has 120 valence electrons. The third kappa shape index (κ3) is 3.07. The fraction of sp³-hybridized carbons (Fsp3) is 0.312.